The van der Waals surface area contributed by atoms with Crippen molar-refractivity contribution in [3.8, 4) is 5.75 Å². The number of hydrogen-bond acceptors (Lipinski definition) is 5. The molecule has 2 aliphatic rings. The summed E-state index contributed by atoms with van der Waals surface area (Å²) in [5.41, 5.74) is 1.26. The molecule has 6 heteroatoms. The minimum Gasteiger partial charge on any atom is -0.483 e. The second kappa shape index (κ2) is 10.5. The Balaban J connectivity index is 1.52. The quantitative estimate of drug-likeness (QED) is 0.541. The Morgan fingerprint density at radius 1 is 1.24 bits per heavy atom. The van der Waals surface area contributed by atoms with Crippen molar-refractivity contribution in [2.45, 2.75) is 96.6 Å². The molecule has 1 N–H and O–H groups in total. The molecule has 0 spiro atoms. The number of unbranched alkanes of at least 4 members (excludes halogenated alkanes) is 1. The molecule has 1 aromatic carbocycles. The molecule has 1 aliphatic heterocycles. The average Bonchev–Trinajstić information content (AvgIpc) is 2.82. The Labute approximate surface area is 202 Å². The van der Waals surface area contributed by atoms with Crippen molar-refractivity contribution < 1.29 is 19.1 Å². The van der Waals surface area contributed by atoms with Crippen LogP contribution in [0.3, 0.4) is 0 Å². The minimum absolute atomic E-state index is 0.0330. The predicted molar refractivity (Wildman–Crippen MR) is 133 cm³/mol. The van der Waals surface area contributed by atoms with Gasteiger partial charge in [0.2, 0.25) is 0 Å². The van der Waals surface area contributed by atoms with Gasteiger partial charge in [-0.3, -0.25) is 4.79 Å². The third-order valence-corrected chi connectivity index (χ3v) is 7.96. The number of aryl methyl sites for hydroxylation is 2. The van der Waals surface area contributed by atoms with E-state index < -0.39 is 5.60 Å². The number of rotatable bonds is 8. The topological polar surface area (TPSA) is 80.0 Å². The maximum atomic E-state index is 13.3. The van der Waals surface area contributed by atoms with Crippen molar-refractivity contribution in [1.82, 2.24) is 4.90 Å². The van der Waals surface area contributed by atoms with Crippen molar-refractivity contribution in [2.24, 2.45) is 5.92 Å². The number of benzene rings is 1. The van der Waals surface area contributed by atoms with Gasteiger partial charge in [-0.1, -0.05) is 46.0 Å². The summed E-state index contributed by atoms with van der Waals surface area (Å²) in [4.78, 5) is 27.4. The van der Waals surface area contributed by atoms with Crippen LogP contribution in [0.25, 0.3) is 11.0 Å². The Morgan fingerprint density at radius 2 is 2.06 bits per heavy atom. The summed E-state index contributed by atoms with van der Waals surface area (Å²) < 4.78 is 11.5. The zero-order valence-corrected chi connectivity index (χ0v) is 20.9. The van der Waals surface area contributed by atoms with Gasteiger partial charge >= 0.3 is 5.63 Å². The molecule has 1 saturated heterocycles. The van der Waals surface area contributed by atoms with Gasteiger partial charge in [0.25, 0.3) is 5.91 Å². The molecule has 1 saturated carbocycles. The molecule has 2 aromatic rings. The minimum atomic E-state index is -0.628. The lowest BCUT2D eigenvalue weighted by Gasteiger charge is -2.52. The molecule has 6 nitrogen and oxygen atoms in total. The van der Waals surface area contributed by atoms with E-state index in [1.54, 1.807) is 6.07 Å². The van der Waals surface area contributed by atoms with Crippen molar-refractivity contribution in [2.75, 3.05) is 13.2 Å². The Bertz CT molecular complexity index is 1080. The van der Waals surface area contributed by atoms with E-state index in [0.717, 1.165) is 74.3 Å². The molecule has 0 unspecified atom stereocenters. The molecule has 1 amide bonds. The van der Waals surface area contributed by atoms with Gasteiger partial charge < -0.3 is 19.2 Å². The van der Waals surface area contributed by atoms with Crippen LogP contribution in [-0.2, 0) is 11.2 Å². The molecular formula is C28H39NO5. The summed E-state index contributed by atoms with van der Waals surface area (Å²) in [6, 6.07) is 5.43. The van der Waals surface area contributed by atoms with Crippen molar-refractivity contribution >= 4 is 16.9 Å². The van der Waals surface area contributed by atoms with E-state index in [-0.39, 0.29) is 30.1 Å². The number of piperidine rings is 1. The first-order valence-corrected chi connectivity index (χ1v) is 13.1. The van der Waals surface area contributed by atoms with Gasteiger partial charge in [0.05, 0.1) is 5.60 Å². The maximum Gasteiger partial charge on any atom is 0.336 e. The largest absolute Gasteiger partial charge is 0.483 e. The average molecular weight is 470 g/mol. The highest BCUT2D eigenvalue weighted by Gasteiger charge is 2.49. The number of nitrogens with zero attached hydrogens (tertiary/aromatic N) is 1. The van der Waals surface area contributed by atoms with Crippen LogP contribution in [0.15, 0.2) is 27.4 Å². The molecule has 0 radical (unpaired) electrons. The highest BCUT2D eigenvalue weighted by atomic mass is 16.5. The molecule has 2 fully saturated rings. The highest BCUT2D eigenvalue weighted by molar-refractivity contribution is 5.85. The Hall–Kier alpha value is -2.34. The second-order valence-corrected chi connectivity index (χ2v) is 10.2. The summed E-state index contributed by atoms with van der Waals surface area (Å²) >= 11 is 0. The lowest BCUT2D eigenvalue weighted by atomic mass is 9.66. The van der Waals surface area contributed by atoms with Gasteiger partial charge in [0, 0.05) is 35.5 Å². The number of aliphatic hydroxyl groups is 1. The van der Waals surface area contributed by atoms with E-state index in [4.69, 9.17) is 9.15 Å². The second-order valence-electron chi connectivity index (χ2n) is 10.2. The van der Waals surface area contributed by atoms with Gasteiger partial charge in [0.1, 0.15) is 11.3 Å². The fourth-order valence-electron chi connectivity index (χ4n) is 6.15. The summed E-state index contributed by atoms with van der Waals surface area (Å²) in [5, 5.41) is 12.2. The van der Waals surface area contributed by atoms with Gasteiger partial charge in [-0.05, 0) is 56.7 Å². The van der Waals surface area contributed by atoms with Gasteiger partial charge in [-0.15, -0.1) is 0 Å². The Kier molecular flexibility index (Phi) is 7.66. The fraction of sp³-hybridized carbons (Fsp3) is 0.643. The lowest BCUT2D eigenvalue weighted by Crippen LogP contribution is -2.61. The molecule has 4 rings (SSSR count). The van der Waals surface area contributed by atoms with Crippen molar-refractivity contribution in [3.05, 3.63) is 39.7 Å². The zero-order valence-electron chi connectivity index (χ0n) is 20.9. The molecule has 1 aromatic heterocycles. The van der Waals surface area contributed by atoms with Crippen molar-refractivity contribution in [1.29, 1.82) is 0 Å². The lowest BCUT2D eigenvalue weighted by molar-refractivity contribution is -0.157. The van der Waals surface area contributed by atoms with Crippen LogP contribution >= 0.6 is 0 Å². The van der Waals surface area contributed by atoms with E-state index >= 15 is 0 Å². The van der Waals surface area contributed by atoms with Gasteiger partial charge in [-0.2, -0.15) is 0 Å². The first-order valence-electron chi connectivity index (χ1n) is 13.1. The maximum absolute atomic E-state index is 13.3. The first-order chi connectivity index (χ1) is 16.4. The standard InChI is InChI=1S/C28H39NO5/c1-4-6-11-23-22-10-7-8-14-28(22,32)15-16-29(23)25(30)18-33-24-13-12-21-20(9-5-2)17-26(31)34-27(21)19(24)3/h12-13,17,22-23,32H,4-11,14-16,18H2,1-3H3/t22-,23+,28+/m1/s1. The third kappa shape index (κ3) is 4.88. The van der Waals surface area contributed by atoms with Gasteiger partial charge in [0.15, 0.2) is 6.61 Å². The van der Waals surface area contributed by atoms with Crippen LogP contribution in [-0.4, -0.2) is 40.7 Å². The van der Waals surface area contributed by atoms with Crippen LogP contribution in [0.5, 0.6) is 5.75 Å². The third-order valence-electron chi connectivity index (χ3n) is 7.96. The molecule has 186 valence electrons. The fourth-order valence-corrected chi connectivity index (χ4v) is 6.15. The summed E-state index contributed by atoms with van der Waals surface area (Å²) in [6.07, 6.45) is 9.46. The molecule has 0 bridgehead atoms. The van der Waals surface area contributed by atoms with E-state index in [2.05, 4.69) is 13.8 Å². The summed E-state index contributed by atoms with van der Waals surface area (Å²) in [6.45, 7) is 6.64. The van der Waals surface area contributed by atoms with E-state index in [0.29, 0.717) is 24.3 Å². The van der Waals surface area contributed by atoms with Crippen molar-refractivity contribution in [3.63, 3.8) is 0 Å². The molecule has 1 aliphatic carbocycles. The van der Waals surface area contributed by atoms with Crippen LogP contribution in [0.2, 0.25) is 0 Å². The van der Waals surface area contributed by atoms with E-state index in [9.17, 15) is 14.7 Å². The van der Waals surface area contributed by atoms with E-state index in [1.807, 2.05) is 24.0 Å². The molecule has 2 heterocycles. The van der Waals surface area contributed by atoms with Gasteiger partial charge in [-0.25, -0.2) is 4.79 Å². The van der Waals surface area contributed by atoms with Crippen LogP contribution in [0, 0.1) is 12.8 Å². The van der Waals surface area contributed by atoms with Crippen LogP contribution < -0.4 is 10.4 Å². The number of ether oxygens (including phenoxy) is 1. The summed E-state index contributed by atoms with van der Waals surface area (Å²) in [5.74, 6) is 0.683. The monoisotopic (exact) mass is 469 g/mol. The zero-order chi connectivity index (χ0) is 24.3. The number of likely N-dealkylation sites (tertiary alicyclic amines) is 1. The molecular weight excluding hydrogens is 430 g/mol. The smallest absolute Gasteiger partial charge is 0.336 e. The predicted octanol–water partition coefficient (Wildman–Crippen LogP) is 5.15. The number of fused-ring (bicyclic) bond motifs is 2. The molecule has 3 atom stereocenters. The number of carbonyl (C=O) groups excluding carboxylic acids is 1. The normalized spacial score (nSPS) is 24.8. The molecule has 34 heavy (non-hydrogen) atoms. The number of amides is 1. The van der Waals surface area contributed by atoms with E-state index in [1.165, 1.54) is 0 Å². The van der Waals surface area contributed by atoms with Crippen LogP contribution in [0.4, 0.5) is 0 Å². The number of carbonyl (C=O) groups is 1. The SMILES string of the molecule is CCCC[C@H]1[C@H]2CCCC[C@]2(O)CCN1C(=O)COc1ccc2c(CCC)cc(=O)oc2c1C. The summed E-state index contributed by atoms with van der Waals surface area (Å²) in [7, 11) is 0. The number of hydrogen-bond donors (Lipinski definition) is 1. The highest BCUT2D eigenvalue weighted by Crippen LogP contribution is 2.44. The van der Waals surface area contributed by atoms with Crippen LogP contribution in [0.1, 0.15) is 82.8 Å². The Morgan fingerprint density at radius 3 is 2.82 bits per heavy atom. The first kappa shape index (κ1) is 24.8.